The topological polar surface area (TPSA) is 74.0 Å². The Labute approximate surface area is 129 Å². The van der Waals surface area contributed by atoms with E-state index < -0.39 is 0 Å². The van der Waals surface area contributed by atoms with Crippen molar-refractivity contribution < 1.29 is 9.53 Å². The van der Waals surface area contributed by atoms with Gasteiger partial charge in [0, 0.05) is 44.9 Å². The number of rotatable bonds is 3. The largest absolute Gasteiger partial charge is 0.369 e. The molecule has 1 N–H and O–H groups in total. The van der Waals surface area contributed by atoms with E-state index in [-0.39, 0.29) is 17.9 Å². The van der Waals surface area contributed by atoms with E-state index in [4.69, 9.17) is 4.74 Å². The molecule has 0 aromatic carbocycles. The molecule has 1 fully saturated rings. The van der Waals surface area contributed by atoms with Crippen molar-refractivity contribution in [2.75, 3.05) is 11.9 Å². The lowest BCUT2D eigenvalue weighted by molar-refractivity contribution is -0.130. The van der Waals surface area contributed by atoms with Crippen LogP contribution in [0.4, 0.5) is 5.82 Å². The van der Waals surface area contributed by atoms with Crippen LogP contribution in [0.5, 0.6) is 0 Å². The Kier molecular flexibility index (Phi) is 3.98. The van der Waals surface area contributed by atoms with Gasteiger partial charge in [-0.25, -0.2) is 4.98 Å². The number of carbonyl (C=O) groups is 1. The summed E-state index contributed by atoms with van der Waals surface area (Å²) in [5.41, 5.74) is 0.996. The first-order chi connectivity index (χ1) is 10.6. The number of aromatic nitrogens is 4. The number of nitrogens with zero attached hydrogens (tertiary/aromatic N) is 4. The van der Waals surface area contributed by atoms with Gasteiger partial charge in [0.2, 0.25) is 5.91 Å². The van der Waals surface area contributed by atoms with E-state index in [9.17, 15) is 4.79 Å². The Balaban J connectivity index is 1.78. The summed E-state index contributed by atoms with van der Waals surface area (Å²) in [4.78, 5) is 17.0. The molecule has 0 unspecified atom stereocenters. The molecule has 1 saturated heterocycles. The Morgan fingerprint density at radius 2 is 2.27 bits per heavy atom. The number of ether oxygens (including phenoxy) is 1. The molecular weight excluding hydrogens is 282 g/mol. The third kappa shape index (κ3) is 2.76. The number of amides is 1. The van der Waals surface area contributed by atoms with Gasteiger partial charge in [0.05, 0.1) is 5.92 Å². The Hall–Kier alpha value is -2.15. The van der Waals surface area contributed by atoms with Gasteiger partial charge >= 0.3 is 0 Å². The van der Waals surface area contributed by atoms with Crippen LogP contribution >= 0.6 is 0 Å². The third-order valence-corrected chi connectivity index (χ3v) is 4.14. The maximum absolute atomic E-state index is 12.6. The summed E-state index contributed by atoms with van der Waals surface area (Å²) >= 11 is 0. The van der Waals surface area contributed by atoms with Crippen LogP contribution in [0.1, 0.15) is 30.5 Å². The molecule has 0 spiro atoms. The van der Waals surface area contributed by atoms with Crippen molar-refractivity contribution in [3.05, 3.63) is 30.0 Å². The molecule has 0 saturated carbocycles. The van der Waals surface area contributed by atoms with Gasteiger partial charge < -0.3 is 14.6 Å². The van der Waals surface area contributed by atoms with Gasteiger partial charge in [0.25, 0.3) is 0 Å². The van der Waals surface area contributed by atoms with Gasteiger partial charge in [-0.3, -0.25) is 9.48 Å². The molecule has 0 bridgehead atoms. The minimum absolute atomic E-state index is 0.0641. The van der Waals surface area contributed by atoms with Crippen LogP contribution < -0.4 is 5.32 Å². The highest BCUT2D eigenvalue weighted by molar-refractivity contribution is 5.92. The fourth-order valence-electron chi connectivity index (χ4n) is 2.80. The lowest BCUT2D eigenvalue weighted by Gasteiger charge is -2.30. The molecule has 0 radical (unpaired) electrons. The lowest BCUT2D eigenvalue weighted by Crippen LogP contribution is -2.34. The van der Waals surface area contributed by atoms with E-state index in [0.29, 0.717) is 12.4 Å². The molecule has 118 valence electrons. The van der Waals surface area contributed by atoms with E-state index >= 15 is 0 Å². The molecular formula is C15H21N5O2. The Bertz CT molecular complexity index is 656. The summed E-state index contributed by atoms with van der Waals surface area (Å²) in [6.07, 6.45) is 4.95. The van der Waals surface area contributed by atoms with Crippen molar-refractivity contribution in [3.8, 4) is 0 Å². The van der Waals surface area contributed by atoms with Crippen LogP contribution in [-0.4, -0.2) is 31.8 Å². The van der Waals surface area contributed by atoms with Gasteiger partial charge in [-0.05, 0) is 19.8 Å². The van der Waals surface area contributed by atoms with Crippen molar-refractivity contribution in [2.24, 2.45) is 20.0 Å². The number of hydrogen-bond acceptors (Lipinski definition) is 4. The fourth-order valence-corrected chi connectivity index (χ4v) is 2.80. The minimum atomic E-state index is -0.307. The molecule has 3 heterocycles. The normalized spacial score (nSPS) is 21.8. The molecule has 3 rings (SSSR count). The first-order valence-corrected chi connectivity index (χ1v) is 7.46. The van der Waals surface area contributed by atoms with E-state index in [1.807, 2.05) is 37.8 Å². The molecule has 1 aliphatic heterocycles. The lowest BCUT2D eigenvalue weighted by atomic mass is 9.92. The number of nitrogens with one attached hydrogen (secondary N) is 1. The minimum Gasteiger partial charge on any atom is -0.369 e. The highest BCUT2D eigenvalue weighted by Gasteiger charge is 2.35. The zero-order valence-corrected chi connectivity index (χ0v) is 13.1. The summed E-state index contributed by atoms with van der Waals surface area (Å²) in [5, 5.41) is 7.17. The second kappa shape index (κ2) is 5.92. The predicted molar refractivity (Wildman–Crippen MR) is 81.2 cm³/mol. The molecule has 2 aromatic heterocycles. The van der Waals surface area contributed by atoms with Gasteiger partial charge in [-0.15, -0.1) is 0 Å². The van der Waals surface area contributed by atoms with Crippen LogP contribution in [0.25, 0.3) is 0 Å². The van der Waals surface area contributed by atoms with Crippen molar-refractivity contribution in [3.63, 3.8) is 0 Å². The average molecular weight is 303 g/mol. The maximum atomic E-state index is 12.6. The predicted octanol–water partition coefficient (Wildman–Crippen LogP) is 1.57. The zero-order valence-electron chi connectivity index (χ0n) is 13.1. The molecule has 22 heavy (non-hydrogen) atoms. The van der Waals surface area contributed by atoms with Crippen molar-refractivity contribution in [1.29, 1.82) is 0 Å². The van der Waals surface area contributed by atoms with Crippen LogP contribution in [0, 0.1) is 12.8 Å². The molecule has 7 heteroatoms. The van der Waals surface area contributed by atoms with E-state index in [2.05, 4.69) is 15.4 Å². The summed E-state index contributed by atoms with van der Waals surface area (Å²) in [6.45, 7) is 2.60. The van der Waals surface area contributed by atoms with Crippen molar-refractivity contribution >= 4 is 11.7 Å². The molecule has 1 aliphatic rings. The van der Waals surface area contributed by atoms with Gasteiger partial charge in [0.1, 0.15) is 11.9 Å². The third-order valence-electron chi connectivity index (χ3n) is 4.14. The van der Waals surface area contributed by atoms with Gasteiger partial charge in [-0.1, -0.05) is 0 Å². The van der Waals surface area contributed by atoms with Gasteiger partial charge in [-0.2, -0.15) is 5.10 Å². The van der Waals surface area contributed by atoms with Crippen LogP contribution in [0.15, 0.2) is 18.5 Å². The monoisotopic (exact) mass is 303 g/mol. The number of hydrogen-bond donors (Lipinski definition) is 1. The number of anilines is 1. The molecule has 7 nitrogen and oxygen atoms in total. The molecule has 2 atom stereocenters. The summed E-state index contributed by atoms with van der Waals surface area (Å²) in [5.74, 6) is 1.05. The van der Waals surface area contributed by atoms with Gasteiger partial charge in [0.15, 0.2) is 5.82 Å². The van der Waals surface area contributed by atoms with E-state index in [1.165, 1.54) is 0 Å². The summed E-state index contributed by atoms with van der Waals surface area (Å²) in [7, 11) is 3.77. The van der Waals surface area contributed by atoms with E-state index in [1.54, 1.807) is 10.9 Å². The highest BCUT2D eigenvalue weighted by atomic mass is 16.5. The van der Waals surface area contributed by atoms with Crippen molar-refractivity contribution in [1.82, 2.24) is 19.3 Å². The maximum Gasteiger partial charge on any atom is 0.231 e. The Morgan fingerprint density at radius 3 is 2.91 bits per heavy atom. The molecule has 2 aromatic rings. The number of aryl methyl sites for hydroxylation is 3. The fraction of sp³-hybridized carbons (Fsp3) is 0.533. The molecule has 0 aliphatic carbocycles. The summed E-state index contributed by atoms with van der Waals surface area (Å²) in [6, 6.07) is 1.86. The smallest absolute Gasteiger partial charge is 0.231 e. The van der Waals surface area contributed by atoms with Crippen LogP contribution in [0.2, 0.25) is 0 Å². The first-order valence-electron chi connectivity index (χ1n) is 7.46. The van der Waals surface area contributed by atoms with Crippen LogP contribution in [0.3, 0.4) is 0 Å². The second-order valence-electron chi connectivity index (χ2n) is 5.72. The van der Waals surface area contributed by atoms with E-state index in [0.717, 1.165) is 24.4 Å². The second-order valence-corrected chi connectivity index (χ2v) is 5.72. The zero-order chi connectivity index (χ0) is 15.7. The SMILES string of the molecule is Cc1cc(NC(=O)[C@@H]2CCCO[C@H]2c2nccn2C)nn1C. The number of carbonyl (C=O) groups excluding carboxylic acids is 1. The average Bonchev–Trinajstić information content (AvgIpc) is 3.05. The summed E-state index contributed by atoms with van der Waals surface area (Å²) < 4.78 is 9.48. The first kappa shape index (κ1) is 14.8. The van der Waals surface area contributed by atoms with Crippen molar-refractivity contribution in [2.45, 2.75) is 25.9 Å². The number of imidazole rings is 1. The van der Waals surface area contributed by atoms with Crippen LogP contribution in [-0.2, 0) is 23.6 Å². The highest BCUT2D eigenvalue weighted by Crippen LogP contribution is 2.33. The Morgan fingerprint density at radius 1 is 1.45 bits per heavy atom. The standard InChI is InChI=1S/C15H21N5O2/c1-10-9-12(18-20(10)3)17-15(21)11-5-4-8-22-13(11)14-16-6-7-19(14)2/h6-7,9,11,13H,4-5,8H2,1-3H3,(H,17,18,21)/t11-,13-/m1/s1. The quantitative estimate of drug-likeness (QED) is 0.934. The molecule has 1 amide bonds.